The van der Waals surface area contributed by atoms with Crippen LogP contribution in [0.5, 0.6) is 0 Å². The molecule has 2 heterocycles. The number of benzene rings is 1. The number of carboxylic acids is 1. The third-order valence-electron chi connectivity index (χ3n) is 5.56. The quantitative estimate of drug-likeness (QED) is 0.825. The van der Waals surface area contributed by atoms with E-state index >= 15 is 0 Å². The van der Waals surface area contributed by atoms with Gasteiger partial charge in [-0.15, -0.1) is 0 Å². The number of carboxylic acid groups (broad SMARTS) is 1. The third kappa shape index (κ3) is 3.54. The van der Waals surface area contributed by atoms with Gasteiger partial charge in [-0.05, 0) is 57.0 Å². The molecule has 0 saturated carbocycles. The second kappa shape index (κ2) is 7.75. The van der Waals surface area contributed by atoms with E-state index in [4.69, 9.17) is 0 Å². The Bertz CT molecular complexity index is 874. The summed E-state index contributed by atoms with van der Waals surface area (Å²) in [7, 11) is 0. The number of likely N-dealkylation sites (tertiary alicyclic amines) is 1. The van der Waals surface area contributed by atoms with Gasteiger partial charge in [0.05, 0.1) is 17.5 Å². The molecule has 0 spiro atoms. The molecule has 150 valence electrons. The fourth-order valence-corrected chi connectivity index (χ4v) is 4.08. The molecule has 2 aromatic rings. The van der Waals surface area contributed by atoms with Crippen LogP contribution in [0.1, 0.15) is 47.9 Å². The maximum Gasteiger partial charge on any atom is 0.314 e. The van der Waals surface area contributed by atoms with Crippen molar-refractivity contribution in [1.82, 2.24) is 14.7 Å². The van der Waals surface area contributed by atoms with Crippen molar-refractivity contribution in [2.45, 2.75) is 46.1 Å². The van der Waals surface area contributed by atoms with Crippen molar-refractivity contribution in [3.8, 4) is 5.69 Å². The second-order valence-corrected chi connectivity index (χ2v) is 7.63. The van der Waals surface area contributed by atoms with Crippen molar-refractivity contribution in [1.29, 1.82) is 0 Å². The van der Waals surface area contributed by atoms with Gasteiger partial charge in [0.15, 0.2) is 0 Å². The molecule has 1 amide bonds. The number of rotatable bonds is 5. The standard InChI is InChI=1S/C21H27N3O4/c1-4-10-21(20(27)28)13-23(11-9-18(21)25)19(26)16-5-7-17(8-6-16)24-15(3)12-14(2)22-24/h5-8,12,18,25H,4,9-11,13H2,1-3H3,(H,27,28)/t18-,21-/m1/s1. The molecule has 2 atom stereocenters. The summed E-state index contributed by atoms with van der Waals surface area (Å²) in [6.45, 7) is 6.15. The summed E-state index contributed by atoms with van der Waals surface area (Å²) in [6.07, 6.45) is 0.289. The first-order valence-corrected chi connectivity index (χ1v) is 9.63. The van der Waals surface area contributed by atoms with E-state index in [0.29, 0.717) is 24.9 Å². The highest BCUT2D eigenvalue weighted by molar-refractivity contribution is 5.95. The van der Waals surface area contributed by atoms with Crippen LogP contribution in [-0.2, 0) is 4.79 Å². The van der Waals surface area contributed by atoms with Crippen molar-refractivity contribution < 1.29 is 19.8 Å². The van der Waals surface area contributed by atoms with Gasteiger partial charge in [0.1, 0.15) is 5.41 Å². The van der Waals surface area contributed by atoms with Crippen molar-refractivity contribution in [3.05, 3.63) is 47.3 Å². The van der Waals surface area contributed by atoms with Gasteiger partial charge in [0, 0.05) is 24.3 Å². The summed E-state index contributed by atoms with van der Waals surface area (Å²) >= 11 is 0. The monoisotopic (exact) mass is 385 g/mol. The number of aliphatic hydroxyl groups excluding tert-OH is 1. The van der Waals surface area contributed by atoms with E-state index < -0.39 is 17.5 Å². The summed E-state index contributed by atoms with van der Waals surface area (Å²) < 4.78 is 1.82. The lowest BCUT2D eigenvalue weighted by Crippen LogP contribution is -2.57. The highest BCUT2D eigenvalue weighted by Crippen LogP contribution is 2.36. The van der Waals surface area contributed by atoms with Crippen molar-refractivity contribution in [3.63, 3.8) is 0 Å². The highest BCUT2D eigenvalue weighted by Gasteiger charge is 2.49. The minimum atomic E-state index is -1.30. The number of hydrogen-bond acceptors (Lipinski definition) is 4. The lowest BCUT2D eigenvalue weighted by molar-refractivity contribution is -0.162. The lowest BCUT2D eigenvalue weighted by Gasteiger charge is -2.43. The molecule has 1 fully saturated rings. The Hall–Kier alpha value is -2.67. The van der Waals surface area contributed by atoms with E-state index in [9.17, 15) is 19.8 Å². The Kier molecular flexibility index (Phi) is 5.56. The van der Waals surface area contributed by atoms with Crippen LogP contribution in [0.4, 0.5) is 0 Å². The number of aliphatic carboxylic acids is 1. The zero-order valence-electron chi connectivity index (χ0n) is 16.6. The molecule has 0 bridgehead atoms. The molecule has 1 aliphatic heterocycles. The van der Waals surface area contributed by atoms with Crippen LogP contribution in [0.2, 0.25) is 0 Å². The van der Waals surface area contributed by atoms with Gasteiger partial charge in [-0.3, -0.25) is 9.59 Å². The van der Waals surface area contributed by atoms with Crippen LogP contribution in [-0.4, -0.2) is 56.0 Å². The van der Waals surface area contributed by atoms with E-state index in [1.165, 1.54) is 0 Å². The number of nitrogens with zero attached hydrogens (tertiary/aromatic N) is 3. The summed E-state index contributed by atoms with van der Waals surface area (Å²) in [6, 6.07) is 9.13. The molecule has 1 saturated heterocycles. The van der Waals surface area contributed by atoms with Gasteiger partial charge in [-0.25, -0.2) is 4.68 Å². The lowest BCUT2D eigenvalue weighted by atomic mass is 9.74. The topological polar surface area (TPSA) is 95.7 Å². The number of carbonyl (C=O) groups is 2. The average molecular weight is 385 g/mol. The number of aromatic nitrogens is 2. The zero-order valence-corrected chi connectivity index (χ0v) is 16.6. The number of carbonyl (C=O) groups excluding carboxylic acids is 1. The Morgan fingerprint density at radius 1 is 1.25 bits per heavy atom. The van der Waals surface area contributed by atoms with Gasteiger partial charge in [-0.1, -0.05) is 13.3 Å². The smallest absolute Gasteiger partial charge is 0.314 e. The van der Waals surface area contributed by atoms with Gasteiger partial charge in [0.2, 0.25) is 0 Å². The number of aryl methyl sites for hydroxylation is 2. The van der Waals surface area contributed by atoms with Gasteiger partial charge >= 0.3 is 5.97 Å². The third-order valence-corrected chi connectivity index (χ3v) is 5.56. The second-order valence-electron chi connectivity index (χ2n) is 7.63. The fraction of sp³-hybridized carbons (Fsp3) is 0.476. The first-order chi connectivity index (χ1) is 13.3. The molecular formula is C21H27N3O4. The predicted octanol–water partition coefficient (Wildman–Crippen LogP) is 2.57. The summed E-state index contributed by atoms with van der Waals surface area (Å²) in [5.74, 6) is -1.26. The van der Waals surface area contributed by atoms with Crippen LogP contribution >= 0.6 is 0 Å². The molecule has 1 aromatic heterocycles. The zero-order chi connectivity index (χ0) is 20.5. The van der Waals surface area contributed by atoms with Crippen LogP contribution in [0, 0.1) is 19.3 Å². The van der Waals surface area contributed by atoms with Crippen LogP contribution in [0.3, 0.4) is 0 Å². The first kappa shape index (κ1) is 20.1. The molecule has 7 nitrogen and oxygen atoms in total. The SMILES string of the molecule is CCC[C@@]1(C(=O)O)CN(C(=O)c2ccc(-n3nc(C)cc3C)cc2)CC[C@H]1O. The maximum atomic E-state index is 13.0. The summed E-state index contributed by atoms with van der Waals surface area (Å²) in [4.78, 5) is 26.4. The number of amides is 1. The molecule has 7 heteroatoms. The van der Waals surface area contributed by atoms with Gasteiger partial charge in [0.25, 0.3) is 5.91 Å². The molecular weight excluding hydrogens is 358 g/mol. The molecule has 1 aromatic carbocycles. The highest BCUT2D eigenvalue weighted by atomic mass is 16.4. The van der Waals surface area contributed by atoms with E-state index in [1.807, 2.05) is 43.7 Å². The minimum absolute atomic E-state index is 0.0232. The fourth-order valence-electron chi connectivity index (χ4n) is 4.08. The normalized spacial score (nSPS) is 22.3. The number of hydrogen-bond donors (Lipinski definition) is 2. The summed E-state index contributed by atoms with van der Waals surface area (Å²) in [5.41, 5.74) is 1.99. The molecule has 3 rings (SSSR count). The molecule has 0 unspecified atom stereocenters. The van der Waals surface area contributed by atoms with E-state index in [2.05, 4.69) is 5.10 Å². The van der Waals surface area contributed by atoms with Crippen molar-refractivity contribution >= 4 is 11.9 Å². The molecule has 2 N–H and O–H groups in total. The Morgan fingerprint density at radius 2 is 1.93 bits per heavy atom. The summed E-state index contributed by atoms with van der Waals surface area (Å²) in [5, 5.41) is 24.5. The molecule has 28 heavy (non-hydrogen) atoms. The van der Waals surface area contributed by atoms with E-state index in [1.54, 1.807) is 17.0 Å². The van der Waals surface area contributed by atoms with Crippen molar-refractivity contribution in [2.75, 3.05) is 13.1 Å². The van der Waals surface area contributed by atoms with Gasteiger partial charge in [-0.2, -0.15) is 5.10 Å². The minimum Gasteiger partial charge on any atom is -0.481 e. The first-order valence-electron chi connectivity index (χ1n) is 9.63. The predicted molar refractivity (Wildman–Crippen MR) is 105 cm³/mol. The molecule has 1 aliphatic rings. The van der Waals surface area contributed by atoms with E-state index in [-0.39, 0.29) is 18.9 Å². The van der Waals surface area contributed by atoms with Crippen molar-refractivity contribution in [2.24, 2.45) is 5.41 Å². The Balaban J connectivity index is 1.82. The molecule has 0 radical (unpaired) electrons. The van der Waals surface area contributed by atoms with Crippen LogP contribution in [0.15, 0.2) is 30.3 Å². The van der Waals surface area contributed by atoms with Gasteiger partial charge < -0.3 is 15.1 Å². The largest absolute Gasteiger partial charge is 0.481 e. The Labute approximate surface area is 164 Å². The Morgan fingerprint density at radius 3 is 2.46 bits per heavy atom. The maximum absolute atomic E-state index is 13.0. The molecule has 0 aliphatic carbocycles. The van der Waals surface area contributed by atoms with E-state index in [0.717, 1.165) is 17.1 Å². The van der Waals surface area contributed by atoms with Crippen LogP contribution < -0.4 is 0 Å². The average Bonchev–Trinajstić information content (AvgIpc) is 3.01. The number of piperidine rings is 1. The number of aliphatic hydroxyl groups is 1. The van der Waals surface area contributed by atoms with Crippen LogP contribution in [0.25, 0.3) is 5.69 Å².